The van der Waals surface area contributed by atoms with E-state index in [1.54, 1.807) is 30.3 Å². The predicted molar refractivity (Wildman–Crippen MR) is 107 cm³/mol. The Balaban J connectivity index is 1.52. The van der Waals surface area contributed by atoms with Crippen molar-refractivity contribution in [1.82, 2.24) is 15.1 Å². The van der Waals surface area contributed by atoms with E-state index in [0.717, 1.165) is 11.1 Å². The molecule has 1 amide bonds. The molecule has 3 aromatic rings. The Kier molecular flexibility index (Phi) is 6.55. The van der Waals surface area contributed by atoms with Crippen molar-refractivity contribution in [3.63, 3.8) is 0 Å². The lowest BCUT2D eigenvalue weighted by Gasteiger charge is -2.08. The van der Waals surface area contributed by atoms with Crippen LogP contribution < -0.4 is 10.9 Å². The molecule has 28 heavy (non-hydrogen) atoms. The van der Waals surface area contributed by atoms with Gasteiger partial charge >= 0.3 is 0 Å². The number of hydrogen-bond donors (Lipinski definition) is 1. The zero-order valence-corrected chi connectivity index (χ0v) is 15.8. The molecular weight excluding hydrogens is 381 g/mol. The van der Waals surface area contributed by atoms with Gasteiger partial charge in [0, 0.05) is 29.7 Å². The molecule has 0 aliphatic rings. The minimum atomic E-state index is -0.331. The van der Waals surface area contributed by atoms with Crippen LogP contribution in [0.4, 0.5) is 4.39 Å². The number of benzene rings is 2. The number of nitrogens with one attached hydrogen (secondary N) is 1. The van der Waals surface area contributed by atoms with E-state index in [2.05, 4.69) is 10.4 Å². The van der Waals surface area contributed by atoms with Crippen molar-refractivity contribution in [2.75, 3.05) is 6.54 Å². The number of rotatable bonds is 7. The van der Waals surface area contributed by atoms with Gasteiger partial charge < -0.3 is 5.32 Å². The third-order valence-electron chi connectivity index (χ3n) is 4.15. The lowest BCUT2D eigenvalue weighted by atomic mass is 10.1. The quantitative estimate of drug-likeness (QED) is 0.619. The second kappa shape index (κ2) is 9.28. The maximum absolute atomic E-state index is 12.9. The van der Waals surface area contributed by atoms with E-state index >= 15 is 0 Å². The van der Waals surface area contributed by atoms with Crippen LogP contribution in [-0.2, 0) is 17.8 Å². The maximum Gasteiger partial charge on any atom is 0.266 e. The number of carbonyl (C=O) groups is 1. The highest BCUT2D eigenvalue weighted by atomic mass is 35.5. The summed E-state index contributed by atoms with van der Waals surface area (Å²) >= 11 is 5.90. The van der Waals surface area contributed by atoms with Crippen molar-refractivity contribution >= 4 is 17.5 Å². The molecule has 0 saturated heterocycles. The van der Waals surface area contributed by atoms with Crippen LogP contribution in [0.1, 0.15) is 12.0 Å². The fourth-order valence-corrected chi connectivity index (χ4v) is 2.82. The van der Waals surface area contributed by atoms with Gasteiger partial charge in [0.2, 0.25) is 5.91 Å². The van der Waals surface area contributed by atoms with Crippen LogP contribution in [0.3, 0.4) is 0 Å². The summed E-state index contributed by atoms with van der Waals surface area (Å²) in [5.41, 5.74) is 2.09. The second-order valence-electron chi connectivity index (χ2n) is 6.29. The lowest BCUT2D eigenvalue weighted by Crippen LogP contribution is -2.29. The van der Waals surface area contributed by atoms with Crippen LogP contribution in [-0.4, -0.2) is 22.2 Å². The molecule has 0 bridgehead atoms. The van der Waals surface area contributed by atoms with Gasteiger partial charge in [0.05, 0.1) is 12.1 Å². The molecule has 1 heterocycles. The Morgan fingerprint density at radius 3 is 2.46 bits per heavy atom. The van der Waals surface area contributed by atoms with Crippen molar-refractivity contribution in [3.8, 4) is 11.3 Å². The highest BCUT2D eigenvalue weighted by molar-refractivity contribution is 6.30. The second-order valence-corrected chi connectivity index (χ2v) is 6.73. The first-order valence-corrected chi connectivity index (χ1v) is 9.24. The Hall–Kier alpha value is -2.99. The molecule has 3 rings (SSSR count). The fourth-order valence-electron chi connectivity index (χ4n) is 2.69. The summed E-state index contributed by atoms with van der Waals surface area (Å²) < 4.78 is 14.3. The van der Waals surface area contributed by atoms with Crippen LogP contribution in [0, 0.1) is 5.82 Å². The normalized spacial score (nSPS) is 10.6. The average molecular weight is 400 g/mol. The molecule has 2 aromatic carbocycles. The molecule has 0 unspecified atom stereocenters. The van der Waals surface area contributed by atoms with E-state index in [1.807, 2.05) is 12.1 Å². The standard InChI is InChI=1S/C21H19ClFN3O2/c22-17-6-4-16(5-7-17)19-10-11-21(28)26(25-19)13-1-12-24-20(27)14-15-2-8-18(23)9-3-15/h2-11H,1,12-14H2,(H,24,27). The van der Waals surface area contributed by atoms with E-state index in [0.29, 0.717) is 30.2 Å². The fraction of sp³-hybridized carbons (Fsp3) is 0.190. The third kappa shape index (κ3) is 5.50. The molecule has 0 radical (unpaired) electrons. The molecule has 0 aliphatic carbocycles. The minimum Gasteiger partial charge on any atom is -0.356 e. The van der Waals surface area contributed by atoms with Gasteiger partial charge in [-0.25, -0.2) is 9.07 Å². The minimum absolute atomic E-state index is 0.151. The molecule has 1 aromatic heterocycles. The maximum atomic E-state index is 12.9. The Labute approximate surface area is 166 Å². The van der Waals surface area contributed by atoms with Crippen LogP contribution in [0.5, 0.6) is 0 Å². The molecule has 1 N–H and O–H groups in total. The van der Waals surface area contributed by atoms with Crippen LogP contribution in [0.2, 0.25) is 5.02 Å². The SMILES string of the molecule is O=C(Cc1ccc(F)cc1)NCCCn1nc(-c2ccc(Cl)cc2)ccc1=O. The molecule has 0 spiro atoms. The Morgan fingerprint density at radius 2 is 1.75 bits per heavy atom. The first-order valence-electron chi connectivity index (χ1n) is 8.86. The molecule has 0 saturated carbocycles. The first-order chi connectivity index (χ1) is 13.5. The van der Waals surface area contributed by atoms with Crippen molar-refractivity contribution in [3.05, 3.63) is 87.4 Å². The molecular formula is C21H19ClFN3O2. The summed E-state index contributed by atoms with van der Waals surface area (Å²) in [4.78, 5) is 24.0. The number of nitrogens with zero attached hydrogens (tertiary/aromatic N) is 2. The Morgan fingerprint density at radius 1 is 1.04 bits per heavy atom. The molecule has 7 heteroatoms. The summed E-state index contributed by atoms with van der Waals surface area (Å²) in [7, 11) is 0. The van der Waals surface area contributed by atoms with Gasteiger partial charge in [0.1, 0.15) is 5.82 Å². The molecule has 5 nitrogen and oxygen atoms in total. The van der Waals surface area contributed by atoms with Crippen LogP contribution in [0.25, 0.3) is 11.3 Å². The number of halogens is 2. The number of aryl methyl sites for hydroxylation is 1. The van der Waals surface area contributed by atoms with E-state index in [4.69, 9.17) is 11.6 Å². The topological polar surface area (TPSA) is 64.0 Å². The van der Waals surface area contributed by atoms with Gasteiger partial charge in [0.25, 0.3) is 5.56 Å². The molecule has 0 atom stereocenters. The first kappa shape index (κ1) is 19.8. The van der Waals surface area contributed by atoms with Crippen molar-refractivity contribution in [1.29, 1.82) is 0 Å². The highest BCUT2D eigenvalue weighted by Crippen LogP contribution is 2.18. The third-order valence-corrected chi connectivity index (χ3v) is 4.41. The summed E-state index contributed by atoms with van der Waals surface area (Å²) in [5, 5.41) is 7.81. The van der Waals surface area contributed by atoms with E-state index in [-0.39, 0.29) is 23.7 Å². The van der Waals surface area contributed by atoms with Gasteiger partial charge in [-0.05, 0) is 42.3 Å². The zero-order chi connectivity index (χ0) is 19.9. The van der Waals surface area contributed by atoms with Gasteiger partial charge in [-0.15, -0.1) is 0 Å². The van der Waals surface area contributed by atoms with E-state index in [1.165, 1.54) is 22.9 Å². The van der Waals surface area contributed by atoms with Gasteiger partial charge in [0.15, 0.2) is 0 Å². The van der Waals surface area contributed by atoms with Crippen molar-refractivity contribution in [2.45, 2.75) is 19.4 Å². The number of hydrogen-bond acceptors (Lipinski definition) is 3. The van der Waals surface area contributed by atoms with Gasteiger partial charge in [-0.3, -0.25) is 9.59 Å². The number of carbonyl (C=O) groups excluding carboxylic acids is 1. The predicted octanol–water partition coefficient (Wildman–Crippen LogP) is 3.45. The highest BCUT2D eigenvalue weighted by Gasteiger charge is 2.06. The van der Waals surface area contributed by atoms with Gasteiger partial charge in [-0.1, -0.05) is 35.9 Å². The summed E-state index contributed by atoms with van der Waals surface area (Å²) in [6.45, 7) is 0.802. The average Bonchev–Trinajstić information content (AvgIpc) is 2.69. The van der Waals surface area contributed by atoms with E-state index in [9.17, 15) is 14.0 Å². The molecule has 0 aliphatic heterocycles. The summed E-state index contributed by atoms with van der Waals surface area (Å²) in [6.07, 6.45) is 0.747. The summed E-state index contributed by atoms with van der Waals surface area (Å²) in [5.74, 6) is -0.482. The zero-order valence-electron chi connectivity index (χ0n) is 15.1. The summed E-state index contributed by atoms with van der Waals surface area (Å²) in [6, 6.07) is 16.2. The largest absolute Gasteiger partial charge is 0.356 e. The number of aromatic nitrogens is 2. The van der Waals surface area contributed by atoms with Crippen molar-refractivity contribution < 1.29 is 9.18 Å². The Bertz CT molecular complexity index is 1000. The smallest absolute Gasteiger partial charge is 0.266 e. The van der Waals surface area contributed by atoms with E-state index < -0.39 is 0 Å². The number of amides is 1. The van der Waals surface area contributed by atoms with Crippen molar-refractivity contribution in [2.24, 2.45) is 0 Å². The van der Waals surface area contributed by atoms with Crippen LogP contribution in [0.15, 0.2) is 65.5 Å². The monoisotopic (exact) mass is 399 g/mol. The van der Waals surface area contributed by atoms with Gasteiger partial charge in [-0.2, -0.15) is 5.10 Å². The molecule has 144 valence electrons. The van der Waals surface area contributed by atoms with Crippen LogP contribution >= 0.6 is 11.6 Å². The molecule has 0 fully saturated rings. The lowest BCUT2D eigenvalue weighted by molar-refractivity contribution is -0.120.